The van der Waals surface area contributed by atoms with Crippen LogP contribution in [0.25, 0.3) is 10.9 Å². The van der Waals surface area contributed by atoms with Crippen molar-refractivity contribution in [3.63, 3.8) is 0 Å². The highest BCUT2D eigenvalue weighted by atomic mass is 16.5. The predicted octanol–water partition coefficient (Wildman–Crippen LogP) is 3.95. The Morgan fingerprint density at radius 3 is 2.90 bits per heavy atom. The molecule has 1 aliphatic heterocycles. The van der Waals surface area contributed by atoms with Gasteiger partial charge >= 0.3 is 0 Å². The van der Waals surface area contributed by atoms with Crippen LogP contribution >= 0.6 is 0 Å². The third kappa shape index (κ3) is 1.80. The number of aryl methyl sites for hydroxylation is 1. The first-order valence-electron chi connectivity index (χ1n) is 7.10. The van der Waals surface area contributed by atoms with Crippen molar-refractivity contribution in [2.75, 3.05) is 0 Å². The molecule has 4 rings (SSSR count). The van der Waals surface area contributed by atoms with Crippen LogP contribution in [0, 0.1) is 6.92 Å². The summed E-state index contributed by atoms with van der Waals surface area (Å²) >= 11 is 0. The molecule has 20 heavy (non-hydrogen) atoms. The largest absolute Gasteiger partial charge is 0.488 e. The molecule has 0 spiro atoms. The standard InChI is InChI=1S/C18H17NO/c1-13-5-4-7-17-16(13)9-10-19(17)12-15-11-14-6-2-3-8-18(14)20-15/h2-10,15H,11-12H2,1H3. The highest BCUT2D eigenvalue weighted by Gasteiger charge is 2.22. The van der Waals surface area contributed by atoms with Crippen LogP contribution in [0.5, 0.6) is 5.75 Å². The Labute approximate surface area is 118 Å². The van der Waals surface area contributed by atoms with E-state index in [1.165, 1.54) is 22.0 Å². The van der Waals surface area contributed by atoms with Gasteiger partial charge in [0.25, 0.3) is 0 Å². The van der Waals surface area contributed by atoms with Crippen molar-refractivity contribution in [1.29, 1.82) is 0 Å². The molecule has 1 atom stereocenters. The molecule has 2 heterocycles. The van der Waals surface area contributed by atoms with Gasteiger partial charge in [-0.25, -0.2) is 0 Å². The minimum atomic E-state index is 0.239. The summed E-state index contributed by atoms with van der Waals surface area (Å²) in [7, 11) is 0. The lowest BCUT2D eigenvalue weighted by Gasteiger charge is -2.13. The molecule has 0 fully saturated rings. The fraction of sp³-hybridized carbons (Fsp3) is 0.222. The molecule has 0 amide bonds. The number of benzene rings is 2. The number of rotatable bonds is 2. The first-order chi connectivity index (χ1) is 9.81. The molecule has 1 unspecified atom stereocenters. The van der Waals surface area contributed by atoms with Gasteiger partial charge in [0.1, 0.15) is 11.9 Å². The van der Waals surface area contributed by atoms with Crippen LogP contribution in [-0.2, 0) is 13.0 Å². The maximum absolute atomic E-state index is 6.04. The summed E-state index contributed by atoms with van der Waals surface area (Å²) in [5.41, 5.74) is 3.95. The van der Waals surface area contributed by atoms with E-state index < -0.39 is 0 Å². The van der Waals surface area contributed by atoms with Gasteiger partial charge in [-0.2, -0.15) is 0 Å². The van der Waals surface area contributed by atoms with Crippen LogP contribution in [0.2, 0.25) is 0 Å². The van der Waals surface area contributed by atoms with Crippen molar-refractivity contribution in [3.8, 4) is 5.75 Å². The molecule has 1 aromatic heterocycles. The molecule has 2 heteroatoms. The van der Waals surface area contributed by atoms with Gasteiger partial charge in [-0.15, -0.1) is 0 Å². The van der Waals surface area contributed by atoms with Crippen LogP contribution in [0.15, 0.2) is 54.7 Å². The molecular formula is C18H17NO. The van der Waals surface area contributed by atoms with Crippen molar-refractivity contribution in [1.82, 2.24) is 4.57 Å². The lowest BCUT2D eigenvalue weighted by Crippen LogP contribution is -2.20. The van der Waals surface area contributed by atoms with Crippen molar-refractivity contribution >= 4 is 10.9 Å². The van der Waals surface area contributed by atoms with E-state index in [1.807, 2.05) is 6.07 Å². The third-order valence-electron chi connectivity index (χ3n) is 4.15. The van der Waals surface area contributed by atoms with Gasteiger partial charge in [0, 0.05) is 23.5 Å². The number of hydrogen-bond acceptors (Lipinski definition) is 1. The molecule has 0 N–H and O–H groups in total. The summed E-state index contributed by atoms with van der Waals surface area (Å²) in [4.78, 5) is 0. The first kappa shape index (κ1) is 11.6. The Morgan fingerprint density at radius 2 is 2.00 bits per heavy atom. The number of fused-ring (bicyclic) bond motifs is 2. The van der Waals surface area contributed by atoms with Gasteiger partial charge in [-0.05, 0) is 36.2 Å². The van der Waals surface area contributed by atoms with E-state index >= 15 is 0 Å². The van der Waals surface area contributed by atoms with Crippen LogP contribution in [0.4, 0.5) is 0 Å². The van der Waals surface area contributed by atoms with E-state index in [9.17, 15) is 0 Å². The maximum atomic E-state index is 6.04. The van der Waals surface area contributed by atoms with Crippen molar-refractivity contribution < 1.29 is 4.74 Å². The van der Waals surface area contributed by atoms with Gasteiger partial charge in [-0.1, -0.05) is 30.3 Å². The summed E-state index contributed by atoms with van der Waals surface area (Å²) in [6.07, 6.45) is 3.41. The van der Waals surface area contributed by atoms with E-state index in [1.54, 1.807) is 0 Å². The molecule has 0 saturated carbocycles. The van der Waals surface area contributed by atoms with Gasteiger partial charge < -0.3 is 9.30 Å². The summed E-state index contributed by atoms with van der Waals surface area (Å²) < 4.78 is 8.34. The Kier molecular flexibility index (Phi) is 2.56. The SMILES string of the molecule is Cc1cccc2c1ccn2CC1Cc2ccccc2O1. The average molecular weight is 263 g/mol. The average Bonchev–Trinajstić information content (AvgIpc) is 3.04. The molecule has 1 aliphatic rings. The second-order valence-electron chi connectivity index (χ2n) is 5.53. The normalized spacial score (nSPS) is 17.1. The number of nitrogens with zero attached hydrogens (tertiary/aromatic N) is 1. The molecule has 0 radical (unpaired) electrons. The summed E-state index contributed by atoms with van der Waals surface area (Å²) in [5, 5.41) is 1.34. The molecule has 3 aromatic rings. The van der Waals surface area contributed by atoms with E-state index in [2.05, 4.69) is 60.2 Å². The van der Waals surface area contributed by atoms with Crippen molar-refractivity contribution in [3.05, 3.63) is 65.9 Å². The Bertz CT molecular complexity index is 747. The molecule has 2 aromatic carbocycles. The Hall–Kier alpha value is -2.22. The minimum Gasteiger partial charge on any atom is -0.488 e. The van der Waals surface area contributed by atoms with Crippen molar-refractivity contribution in [2.45, 2.75) is 26.0 Å². The highest BCUT2D eigenvalue weighted by Crippen LogP contribution is 2.29. The zero-order valence-corrected chi connectivity index (χ0v) is 11.5. The summed E-state index contributed by atoms with van der Waals surface area (Å²) in [6.45, 7) is 3.07. The van der Waals surface area contributed by atoms with Crippen LogP contribution in [-0.4, -0.2) is 10.7 Å². The number of aromatic nitrogens is 1. The fourth-order valence-electron chi connectivity index (χ4n) is 3.11. The lowest BCUT2D eigenvalue weighted by atomic mass is 10.1. The van der Waals surface area contributed by atoms with Gasteiger partial charge in [-0.3, -0.25) is 0 Å². The second kappa shape index (κ2) is 4.41. The van der Waals surface area contributed by atoms with Gasteiger partial charge in [0.05, 0.1) is 6.54 Å². The second-order valence-corrected chi connectivity index (χ2v) is 5.53. The lowest BCUT2D eigenvalue weighted by molar-refractivity contribution is 0.211. The van der Waals surface area contributed by atoms with E-state index in [-0.39, 0.29) is 6.10 Å². The quantitative estimate of drug-likeness (QED) is 0.682. The molecular weight excluding hydrogens is 246 g/mol. The summed E-state index contributed by atoms with van der Waals surface area (Å²) in [5.74, 6) is 1.05. The molecule has 0 aliphatic carbocycles. The predicted molar refractivity (Wildman–Crippen MR) is 81.2 cm³/mol. The fourth-order valence-corrected chi connectivity index (χ4v) is 3.11. The Balaban J connectivity index is 1.62. The number of para-hydroxylation sites is 1. The van der Waals surface area contributed by atoms with Crippen LogP contribution < -0.4 is 4.74 Å². The van der Waals surface area contributed by atoms with E-state index in [0.717, 1.165) is 18.7 Å². The van der Waals surface area contributed by atoms with Gasteiger partial charge in [0.2, 0.25) is 0 Å². The number of hydrogen-bond donors (Lipinski definition) is 0. The minimum absolute atomic E-state index is 0.239. The van der Waals surface area contributed by atoms with Crippen LogP contribution in [0.1, 0.15) is 11.1 Å². The smallest absolute Gasteiger partial charge is 0.123 e. The molecule has 0 bridgehead atoms. The highest BCUT2D eigenvalue weighted by molar-refractivity contribution is 5.83. The third-order valence-corrected chi connectivity index (χ3v) is 4.15. The monoisotopic (exact) mass is 263 g/mol. The van der Waals surface area contributed by atoms with Gasteiger partial charge in [0.15, 0.2) is 0 Å². The number of ether oxygens (including phenoxy) is 1. The van der Waals surface area contributed by atoms with Crippen LogP contribution in [0.3, 0.4) is 0 Å². The maximum Gasteiger partial charge on any atom is 0.123 e. The summed E-state index contributed by atoms with van der Waals surface area (Å²) in [6, 6.07) is 17.0. The first-order valence-corrected chi connectivity index (χ1v) is 7.10. The molecule has 100 valence electrons. The van der Waals surface area contributed by atoms with E-state index in [4.69, 9.17) is 4.74 Å². The molecule has 2 nitrogen and oxygen atoms in total. The topological polar surface area (TPSA) is 14.2 Å². The Morgan fingerprint density at radius 1 is 1.10 bits per heavy atom. The zero-order valence-electron chi connectivity index (χ0n) is 11.5. The molecule has 0 saturated heterocycles. The van der Waals surface area contributed by atoms with E-state index in [0.29, 0.717) is 0 Å². The van der Waals surface area contributed by atoms with Crippen molar-refractivity contribution in [2.24, 2.45) is 0 Å². The zero-order chi connectivity index (χ0) is 13.5.